The number of aryl methyl sites for hydroxylation is 1. The van der Waals surface area contributed by atoms with Crippen LogP contribution in [0.1, 0.15) is 49.7 Å². The molecular weight excluding hydrogens is 405 g/mol. The number of nitrogens with one attached hydrogen (secondary N) is 1. The van der Waals surface area contributed by atoms with Gasteiger partial charge in [-0.05, 0) is 80.0 Å². The first-order valence-electron chi connectivity index (χ1n) is 10.2. The molecule has 1 heterocycles. The quantitative estimate of drug-likeness (QED) is 0.702. The zero-order chi connectivity index (χ0) is 21.7. The summed E-state index contributed by atoms with van der Waals surface area (Å²) in [5.41, 5.74) is 1.83. The number of hydrogen-bond donors (Lipinski definition) is 1. The second kappa shape index (κ2) is 7.47. The normalized spacial score (nSPS) is 28.8. The van der Waals surface area contributed by atoms with E-state index in [2.05, 4.69) is 5.32 Å². The Labute approximate surface area is 180 Å². The molecule has 2 aromatic rings. The molecule has 1 spiro atoms. The Kier molecular flexibility index (Phi) is 5.23. The van der Waals surface area contributed by atoms with Crippen LogP contribution in [-0.4, -0.2) is 29.9 Å². The second-order valence-corrected chi connectivity index (χ2v) is 9.13. The highest BCUT2D eigenvalue weighted by molar-refractivity contribution is 6.30. The van der Waals surface area contributed by atoms with Crippen molar-refractivity contribution in [2.45, 2.75) is 56.6 Å². The van der Waals surface area contributed by atoms with Gasteiger partial charge in [-0.2, -0.15) is 0 Å². The third-order valence-electron chi connectivity index (χ3n) is 6.86. The van der Waals surface area contributed by atoms with Crippen molar-refractivity contribution in [2.24, 2.45) is 0 Å². The molecule has 0 aromatic heterocycles. The summed E-state index contributed by atoms with van der Waals surface area (Å²) < 4.78 is 19.5. The predicted molar refractivity (Wildman–Crippen MR) is 114 cm³/mol. The van der Waals surface area contributed by atoms with Gasteiger partial charge in [-0.25, -0.2) is 4.39 Å². The lowest BCUT2D eigenvalue weighted by molar-refractivity contribution is -0.127. The molecule has 1 unspecified atom stereocenters. The van der Waals surface area contributed by atoms with Crippen LogP contribution in [0.2, 0.25) is 5.02 Å². The summed E-state index contributed by atoms with van der Waals surface area (Å²) in [6.45, 7) is 3.92. The molecule has 2 aromatic carbocycles. The summed E-state index contributed by atoms with van der Waals surface area (Å²) in [5.74, 6) is -1.70. The van der Waals surface area contributed by atoms with E-state index >= 15 is 0 Å². The molecule has 0 radical (unpaired) electrons. The Morgan fingerprint density at radius 3 is 2.33 bits per heavy atom. The van der Waals surface area contributed by atoms with Crippen LogP contribution in [0.4, 0.5) is 4.39 Å². The van der Waals surface area contributed by atoms with Gasteiger partial charge in [0.05, 0.1) is 16.2 Å². The summed E-state index contributed by atoms with van der Waals surface area (Å²) in [4.78, 5) is 26.4. The van der Waals surface area contributed by atoms with Crippen LogP contribution in [0, 0.1) is 12.7 Å². The molecule has 4 rings (SSSR count). The van der Waals surface area contributed by atoms with Crippen LogP contribution >= 0.6 is 11.6 Å². The average molecular weight is 430 g/mol. The number of amides is 1. The van der Waals surface area contributed by atoms with Crippen LogP contribution in [0.5, 0.6) is 0 Å². The zero-order valence-corrected chi connectivity index (χ0v) is 18.1. The van der Waals surface area contributed by atoms with Crippen molar-refractivity contribution in [3.8, 4) is 11.1 Å². The Morgan fingerprint density at radius 2 is 1.70 bits per heavy atom. The van der Waals surface area contributed by atoms with Crippen molar-refractivity contribution in [1.82, 2.24) is 5.32 Å². The molecule has 30 heavy (non-hydrogen) atoms. The van der Waals surface area contributed by atoms with Gasteiger partial charge in [0.2, 0.25) is 5.91 Å². The van der Waals surface area contributed by atoms with Gasteiger partial charge in [0.25, 0.3) is 0 Å². The fourth-order valence-corrected chi connectivity index (χ4v) is 4.75. The van der Waals surface area contributed by atoms with Gasteiger partial charge in [0.15, 0.2) is 5.78 Å². The maximum Gasteiger partial charge on any atom is 0.235 e. The second-order valence-electron chi connectivity index (χ2n) is 8.72. The minimum Gasteiger partial charge on any atom is -0.379 e. The Bertz CT molecular complexity index is 1030. The van der Waals surface area contributed by atoms with E-state index in [1.54, 1.807) is 13.2 Å². The van der Waals surface area contributed by atoms with Crippen LogP contribution in [0.15, 0.2) is 36.4 Å². The highest BCUT2D eigenvalue weighted by atomic mass is 35.5. The molecule has 158 valence electrons. The number of rotatable bonds is 3. The van der Waals surface area contributed by atoms with Gasteiger partial charge in [0.1, 0.15) is 11.7 Å². The lowest BCUT2D eigenvalue weighted by Crippen LogP contribution is -2.52. The number of Topliss-reactive ketones (excluding diaryl/α,β-unsaturated/α-hetero) is 1. The van der Waals surface area contributed by atoms with Gasteiger partial charge >= 0.3 is 0 Å². The predicted octanol–water partition coefficient (Wildman–Crippen LogP) is 4.95. The van der Waals surface area contributed by atoms with E-state index in [4.69, 9.17) is 16.3 Å². The number of carbonyl (C=O) groups excluding carboxylic acids is 2. The molecular formula is C24H25ClFNO3. The maximum absolute atomic E-state index is 13.9. The highest BCUT2D eigenvalue weighted by Gasteiger charge is 2.55. The van der Waals surface area contributed by atoms with Gasteiger partial charge < -0.3 is 10.1 Å². The number of hydrogen-bond acceptors (Lipinski definition) is 3. The van der Waals surface area contributed by atoms with Crippen LogP contribution in [-0.2, 0) is 14.3 Å². The van der Waals surface area contributed by atoms with E-state index in [0.29, 0.717) is 36.8 Å². The van der Waals surface area contributed by atoms with Crippen LogP contribution < -0.4 is 5.32 Å². The fraction of sp³-hybridized carbons (Fsp3) is 0.417. The maximum atomic E-state index is 13.9. The van der Waals surface area contributed by atoms with Crippen molar-refractivity contribution in [3.63, 3.8) is 0 Å². The van der Waals surface area contributed by atoms with E-state index < -0.39 is 17.3 Å². The SMILES string of the molecule is COC1(C)CCC2(CC1)NC(=O)C(c1cc(-c3ccc(Cl)c(F)c3)ccc1C)C2=O. The fourth-order valence-electron chi connectivity index (χ4n) is 4.64. The Balaban J connectivity index is 1.68. The molecule has 0 bridgehead atoms. The number of benzene rings is 2. The van der Waals surface area contributed by atoms with Gasteiger partial charge in [0, 0.05) is 7.11 Å². The van der Waals surface area contributed by atoms with E-state index in [1.807, 2.05) is 32.0 Å². The molecule has 6 heteroatoms. The van der Waals surface area contributed by atoms with Crippen LogP contribution in [0.3, 0.4) is 0 Å². The zero-order valence-electron chi connectivity index (χ0n) is 17.4. The van der Waals surface area contributed by atoms with E-state index in [1.165, 1.54) is 12.1 Å². The standard InChI is InChI=1S/C24H25ClFNO3/c1-14-4-5-15(16-6-7-18(25)19(26)13-16)12-17(14)20-21(28)24(27-22(20)29)10-8-23(2,30-3)9-11-24/h4-7,12-13,20H,8-11H2,1-3H3,(H,27,29). The Morgan fingerprint density at radius 1 is 1.07 bits per heavy atom. The first-order valence-corrected chi connectivity index (χ1v) is 10.5. The topological polar surface area (TPSA) is 55.4 Å². The summed E-state index contributed by atoms with van der Waals surface area (Å²) >= 11 is 5.80. The Hall–Kier alpha value is -2.24. The number of ketones is 1. The number of halogens is 2. The molecule has 1 aliphatic heterocycles. The third kappa shape index (κ3) is 3.44. The summed E-state index contributed by atoms with van der Waals surface area (Å²) in [5, 5.41) is 3.07. The van der Waals surface area contributed by atoms with Crippen molar-refractivity contribution in [3.05, 3.63) is 58.4 Å². The van der Waals surface area contributed by atoms with Gasteiger partial charge in [-0.1, -0.05) is 29.8 Å². The van der Waals surface area contributed by atoms with Gasteiger partial charge in [-0.3, -0.25) is 9.59 Å². The molecule has 2 aliphatic rings. The van der Waals surface area contributed by atoms with Crippen molar-refractivity contribution < 1.29 is 18.7 Å². The van der Waals surface area contributed by atoms with E-state index in [9.17, 15) is 14.0 Å². The lowest BCUT2D eigenvalue weighted by Gasteiger charge is -2.41. The number of ether oxygens (including phenoxy) is 1. The first kappa shape index (κ1) is 21.0. The molecule has 1 amide bonds. The summed E-state index contributed by atoms with van der Waals surface area (Å²) in [6.07, 6.45) is 2.57. The van der Waals surface area contributed by atoms with Crippen molar-refractivity contribution in [1.29, 1.82) is 0 Å². The number of carbonyl (C=O) groups is 2. The highest BCUT2D eigenvalue weighted by Crippen LogP contribution is 2.44. The van der Waals surface area contributed by atoms with E-state index in [0.717, 1.165) is 11.1 Å². The molecule has 1 N–H and O–H groups in total. The average Bonchev–Trinajstić information content (AvgIpc) is 2.97. The lowest BCUT2D eigenvalue weighted by atomic mass is 9.71. The number of methoxy groups -OCH3 is 1. The molecule has 1 saturated heterocycles. The molecule has 4 nitrogen and oxygen atoms in total. The van der Waals surface area contributed by atoms with Crippen LogP contribution in [0.25, 0.3) is 11.1 Å². The smallest absolute Gasteiger partial charge is 0.235 e. The minimum atomic E-state index is -0.853. The summed E-state index contributed by atoms with van der Waals surface area (Å²) in [7, 11) is 1.68. The minimum absolute atomic E-state index is 0.0544. The van der Waals surface area contributed by atoms with E-state index in [-0.39, 0.29) is 22.3 Å². The molecule has 1 atom stereocenters. The van der Waals surface area contributed by atoms with Crippen molar-refractivity contribution >= 4 is 23.3 Å². The third-order valence-corrected chi connectivity index (χ3v) is 7.16. The molecule has 1 saturated carbocycles. The monoisotopic (exact) mass is 429 g/mol. The van der Waals surface area contributed by atoms with Gasteiger partial charge in [-0.15, -0.1) is 0 Å². The van der Waals surface area contributed by atoms with Crippen molar-refractivity contribution in [2.75, 3.05) is 7.11 Å². The first-order chi connectivity index (χ1) is 14.2. The molecule has 2 fully saturated rings. The largest absolute Gasteiger partial charge is 0.379 e. The summed E-state index contributed by atoms with van der Waals surface area (Å²) in [6, 6.07) is 10.1. The molecule has 1 aliphatic carbocycles.